The van der Waals surface area contributed by atoms with Gasteiger partial charge in [-0.05, 0) is 0 Å². The molecule has 1 rings (SSSR count). The van der Waals surface area contributed by atoms with Crippen molar-refractivity contribution in [2.75, 3.05) is 0 Å². The Balaban J connectivity index is 3.00. The summed E-state index contributed by atoms with van der Waals surface area (Å²) < 4.78 is 5.55. The third-order valence-electron chi connectivity index (χ3n) is 1.67. The van der Waals surface area contributed by atoms with E-state index < -0.39 is 0 Å². The average Bonchev–Trinajstić information content (AvgIpc) is 2.30. The van der Waals surface area contributed by atoms with Gasteiger partial charge in [0.1, 0.15) is 10.8 Å². The second-order valence-corrected chi connectivity index (χ2v) is 3.97. The minimum atomic E-state index is 0.336. The van der Waals surface area contributed by atoms with Gasteiger partial charge in [-0.25, -0.2) is 4.98 Å². The van der Waals surface area contributed by atoms with Gasteiger partial charge in [-0.15, -0.1) is 12.6 Å². The molecule has 0 saturated heterocycles. The molecule has 68 valence electrons. The van der Waals surface area contributed by atoms with Gasteiger partial charge in [0.15, 0.2) is 5.89 Å². The second-order valence-electron chi connectivity index (χ2n) is 3.55. The van der Waals surface area contributed by atoms with Crippen molar-refractivity contribution < 1.29 is 4.42 Å². The predicted octanol–water partition coefficient (Wildman–Crippen LogP) is 3.21. The van der Waals surface area contributed by atoms with Gasteiger partial charge in [-0.1, -0.05) is 27.7 Å². The highest BCUT2D eigenvalue weighted by Crippen LogP contribution is 2.26. The molecule has 0 amide bonds. The van der Waals surface area contributed by atoms with Crippen LogP contribution in [-0.2, 0) is 0 Å². The van der Waals surface area contributed by atoms with E-state index in [9.17, 15) is 0 Å². The molecule has 0 aliphatic rings. The summed E-state index contributed by atoms with van der Waals surface area (Å²) in [5.41, 5.74) is 0. The van der Waals surface area contributed by atoms with Crippen molar-refractivity contribution in [1.29, 1.82) is 0 Å². The number of thiol groups is 1. The fraction of sp³-hybridized carbons (Fsp3) is 0.667. The van der Waals surface area contributed by atoms with Crippen molar-refractivity contribution in [3.63, 3.8) is 0 Å². The Morgan fingerprint density at radius 3 is 2.00 bits per heavy atom. The minimum Gasteiger partial charge on any atom is -0.444 e. The Labute approximate surface area is 78.8 Å². The first kappa shape index (κ1) is 9.65. The van der Waals surface area contributed by atoms with E-state index >= 15 is 0 Å². The van der Waals surface area contributed by atoms with Crippen LogP contribution in [0, 0.1) is 0 Å². The number of hydrogen-bond donors (Lipinski definition) is 1. The maximum atomic E-state index is 5.55. The van der Waals surface area contributed by atoms with Crippen LogP contribution in [0.3, 0.4) is 0 Å². The largest absolute Gasteiger partial charge is 0.444 e. The molecule has 0 unspecified atom stereocenters. The first-order valence-corrected chi connectivity index (χ1v) is 4.66. The monoisotopic (exact) mass is 185 g/mol. The SMILES string of the molecule is CC(C)c1nc(S)c(C(C)C)o1. The van der Waals surface area contributed by atoms with Crippen molar-refractivity contribution in [1.82, 2.24) is 4.98 Å². The van der Waals surface area contributed by atoms with E-state index in [2.05, 4.69) is 45.3 Å². The summed E-state index contributed by atoms with van der Waals surface area (Å²) in [5.74, 6) is 2.37. The quantitative estimate of drug-likeness (QED) is 0.716. The molecule has 0 radical (unpaired) electrons. The molecule has 0 aliphatic heterocycles. The maximum absolute atomic E-state index is 5.55. The van der Waals surface area contributed by atoms with Crippen molar-refractivity contribution in [2.45, 2.75) is 44.6 Å². The summed E-state index contributed by atoms with van der Waals surface area (Å²) >= 11 is 4.25. The molecule has 12 heavy (non-hydrogen) atoms. The lowest BCUT2D eigenvalue weighted by Crippen LogP contribution is -1.85. The van der Waals surface area contributed by atoms with Crippen molar-refractivity contribution in [3.05, 3.63) is 11.7 Å². The first-order valence-electron chi connectivity index (χ1n) is 4.22. The molecule has 0 aromatic carbocycles. The highest BCUT2D eigenvalue weighted by atomic mass is 32.1. The van der Waals surface area contributed by atoms with Crippen LogP contribution in [0.4, 0.5) is 0 Å². The maximum Gasteiger partial charge on any atom is 0.198 e. The molecular formula is C9H15NOS. The van der Waals surface area contributed by atoms with Gasteiger partial charge in [0.05, 0.1) is 0 Å². The van der Waals surface area contributed by atoms with E-state index in [1.54, 1.807) is 0 Å². The highest BCUT2D eigenvalue weighted by Gasteiger charge is 2.14. The summed E-state index contributed by atoms with van der Waals surface area (Å²) in [7, 11) is 0. The average molecular weight is 185 g/mol. The van der Waals surface area contributed by atoms with Crippen LogP contribution in [0.5, 0.6) is 0 Å². The van der Waals surface area contributed by atoms with Crippen LogP contribution < -0.4 is 0 Å². The van der Waals surface area contributed by atoms with Crippen molar-refractivity contribution in [2.24, 2.45) is 0 Å². The minimum absolute atomic E-state index is 0.336. The summed E-state index contributed by atoms with van der Waals surface area (Å²) in [4.78, 5) is 4.23. The molecule has 1 aromatic heterocycles. The topological polar surface area (TPSA) is 26.0 Å². The van der Waals surface area contributed by atoms with E-state index in [-0.39, 0.29) is 0 Å². The molecule has 0 N–H and O–H groups in total. The number of rotatable bonds is 2. The van der Waals surface area contributed by atoms with E-state index in [0.29, 0.717) is 11.8 Å². The lowest BCUT2D eigenvalue weighted by molar-refractivity contribution is 0.419. The van der Waals surface area contributed by atoms with Gasteiger partial charge in [-0.2, -0.15) is 0 Å². The van der Waals surface area contributed by atoms with Gasteiger partial charge >= 0.3 is 0 Å². The van der Waals surface area contributed by atoms with Gasteiger partial charge in [0, 0.05) is 11.8 Å². The fourth-order valence-electron chi connectivity index (χ4n) is 0.964. The fourth-order valence-corrected chi connectivity index (χ4v) is 1.37. The molecule has 0 spiro atoms. The van der Waals surface area contributed by atoms with Crippen LogP contribution in [0.25, 0.3) is 0 Å². The number of nitrogens with zero attached hydrogens (tertiary/aromatic N) is 1. The predicted molar refractivity (Wildman–Crippen MR) is 51.9 cm³/mol. The normalized spacial score (nSPS) is 11.6. The Bertz CT molecular complexity index is 265. The highest BCUT2D eigenvalue weighted by molar-refractivity contribution is 7.80. The molecule has 1 heterocycles. The van der Waals surface area contributed by atoms with Crippen molar-refractivity contribution in [3.8, 4) is 0 Å². The second kappa shape index (κ2) is 3.52. The van der Waals surface area contributed by atoms with Crippen LogP contribution in [0.15, 0.2) is 9.44 Å². The Morgan fingerprint density at radius 2 is 1.75 bits per heavy atom. The molecular weight excluding hydrogens is 170 g/mol. The third-order valence-corrected chi connectivity index (χ3v) is 1.99. The summed E-state index contributed by atoms with van der Waals surface area (Å²) in [5, 5.41) is 0.730. The zero-order chi connectivity index (χ0) is 9.30. The summed E-state index contributed by atoms with van der Waals surface area (Å²) in [6.07, 6.45) is 0. The van der Waals surface area contributed by atoms with E-state index in [1.165, 1.54) is 0 Å². The van der Waals surface area contributed by atoms with Crippen LogP contribution in [0.1, 0.15) is 51.2 Å². The van der Waals surface area contributed by atoms with E-state index in [4.69, 9.17) is 4.42 Å². The number of oxazole rings is 1. The number of hydrogen-bond acceptors (Lipinski definition) is 3. The van der Waals surface area contributed by atoms with E-state index in [1.807, 2.05) is 0 Å². The van der Waals surface area contributed by atoms with Gasteiger partial charge in [0.25, 0.3) is 0 Å². The zero-order valence-corrected chi connectivity index (χ0v) is 8.85. The molecule has 0 aliphatic carbocycles. The summed E-state index contributed by atoms with van der Waals surface area (Å²) in [6.45, 7) is 8.26. The molecule has 1 aromatic rings. The smallest absolute Gasteiger partial charge is 0.198 e. The Kier molecular flexibility index (Phi) is 2.83. The number of aromatic nitrogens is 1. The van der Waals surface area contributed by atoms with Crippen LogP contribution in [0.2, 0.25) is 0 Å². The summed E-state index contributed by atoms with van der Waals surface area (Å²) in [6, 6.07) is 0. The van der Waals surface area contributed by atoms with Gasteiger partial charge in [0.2, 0.25) is 0 Å². The van der Waals surface area contributed by atoms with Crippen LogP contribution >= 0.6 is 12.6 Å². The van der Waals surface area contributed by atoms with Crippen molar-refractivity contribution >= 4 is 12.6 Å². The molecule has 0 bridgehead atoms. The lowest BCUT2D eigenvalue weighted by Gasteiger charge is -1.99. The van der Waals surface area contributed by atoms with Gasteiger partial charge < -0.3 is 4.42 Å². The first-order chi connectivity index (χ1) is 5.52. The lowest BCUT2D eigenvalue weighted by atomic mass is 10.2. The molecule has 3 heteroatoms. The Hall–Kier alpha value is -0.440. The molecule has 0 fully saturated rings. The van der Waals surface area contributed by atoms with E-state index in [0.717, 1.165) is 16.7 Å². The molecule has 0 atom stereocenters. The van der Waals surface area contributed by atoms with Crippen LogP contribution in [-0.4, -0.2) is 4.98 Å². The zero-order valence-electron chi connectivity index (χ0n) is 7.96. The standard InChI is InChI=1S/C9H15NOS/c1-5(2)7-9(12)10-8(11-7)6(3)4/h5-6,12H,1-4H3. The van der Waals surface area contributed by atoms with Gasteiger partial charge in [-0.3, -0.25) is 0 Å². The third kappa shape index (κ3) is 1.83. The Morgan fingerprint density at radius 1 is 1.17 bits per heavy atom. The molecule has 0 saturated carbocycles. The molecule has 2 nitrogen and oxygen atoms in total.